The van der Waals surface area contributed by atoms with Gasteiger partial charge in [0.25, 0.3) is 0 Å². The molecule has 2 aromatic rings. The van der Waals surface area contributed by atoms with Crippen molar-refractivity contribution in [1.82, 2.24) is 5.32 Å². The molecule has 152 valence electrons. The van der Waals surface area contributed by atoms with Gasteiger partial charge in [0.15, 0.2) is 0 Å². The zero-order valence-corrected chi connectivity index (χ0v) is 15.7. The summed E-state index contributed by atoms with van der Waals surface area (Å²) in [6.45, 7) is 1.22. The fourth-order valence-corrected chi connectivity index (χ4v) is 3.53. The van der Waals surface area contributed by atoms with Crippen molar-refractivity contribution in [2.75, 3.05) is 19.7 Å². The van der Waals surface area contributed by atoms with Gasteiger partial charge in [0, 0.05) is 6.54 Å². The van der Waals surface area contributed by atoms with E-state index in [-0.39, 0.29) is 12.7 Å². The Morgan fingerprint density at radius 1 is 1.11 bits per heavy atom. The number of rotatable bonds is 8. The first-order chi connectivity index (χ1) is 13.4. The Bertz CT molecular complexity index is 746. The van der Waals surface area contributed by atoms with Crippen LogP contribution in [0.4, 0.5) is 13.2 Å². The number of hydrogen-bond donors (Lipinski definition) is 2. The molecule has 0 radical (unpaired) electrons. The van der Waals surface area contributed by atoms with E-state index in [1.165, 1.54) is 23.3 Å². The molecule has 0 amide bonds. The Balaban J connectivity index is 1.36. The molecule has 2 atom stereocenters. The quantitative estimate of drug-likeness (QED) is 0.658. The summed E-state index contributed by atoms with van der Waals surface area (Å²) in [7, 11) is 0. The molecule has 2 N–H and O–H groups in total. The van der Waals surface area contributed by atoms with Gasteiger partial charge in [-0.1, -0.05) is 36.4 Å². The average Bonchev–Trinajstić information content (AvgIpc) is 2.69. The van der Waals surface area contributed by atoms with Crippen molar-refractivity contribution in [3.8, 4) is 0 Å². The Labute approximate surface area is 163 Å². The minimum absolute atomic E-state index is 0.0340. The molecule has 1 aliphatic carbocycles. The van der Waals surface area contributed by atoms with Gasteiger partial charge in [-0.3, -0.25) is 0 Å². The highest BCUT2D eigenvalue weighted by atomic mass is 19.4. The van der Waals surface area contributed by atoms with E-state index in [0.29, 0.717) is 19.5 Å². The third-order valence-corrected chi connectivity index (χ3v) is 5.06. The van der Waals surface area contributed by atoms with Crippen molar-refractivity contribution in [3.63, 3.8) is 0 Å². The highest BCUT2D eigenvalue weighted by Gasteiger charge is 2.29. The number of aliphatic hydroxyl groups excluding tert-OH is 1. The lowest BCUT2D eigenvalue weighted by atomic mass is 9.89. The molecule has 1 aliphatic rings. The van der Waals surface area contributed by atoms with Crippen molar-refractivity contribution >= 4 is 0 Å². The average molecular weight is 393 g/mol. The molecule has 0 saturated carbocycles. The van der Waals surface area contributed by atoms with Crippen LogP contribution in [0.2, 0.25) is 0 Å². The smallest absolute Gasteiger partial charge is 0.389 e. The molecule has 6 heteroatoms. The van der Waals surface area contributed by atoms with Gasteiger partial charge in [-0.05, 0) is 61.1 Å². The minimum Gasteiger partial charge on any atom is -0.389 e. The maximum absolute atomic E-state index is 12.6. The Hall–Kier alpha value is -1.89. The number of aliphatic hydroxyl groups is 1. The highest BCUT2D eigenvalue weighted by molar-refractivity contribution is 5.31. The monoisotopic (exact) mass is 393 g/mol. The van der Waals surface area contributed by atoms with Gasteiger partial charge in [0.2, 0.25) is 0 Å². The summed E-state index contributed by atoms with van der Waals surface area (Å²) in [5, 5.41) is 13.3. The lowest BCUT2D eigenvalue weighted by Crippen LogP contribution is -2.32. The molecule has 0 fully saturated rings. The van der Waals surface area contributed by atoms with Gasteiger partial charge in [0.1, 0.15) is 0 Å². The molecule has 3 rings (SSSR count). The van der Waals surface area contributed by atoms with E-state index in [1.807, 2.05) is 12.1 Å². The van der Waals surface area contributed by atoms with E-state index in [0.717, 1.165) is 37.0 Å². The Kier molecular flexibility index (Phi) is 7.10. The van der Waals surface area contributed by atoms with Crippen LogP contribution in [0.15, 0.2) is 48.5 Å². The SMILES string of the molecule is O[C@H](CNCCc1ccc(C(F)(F)F)cc1)CO[C@@H]1CCCc2ccccc21. The number of benzene rings is 2. The molecule has 0 heterocycles. The zero-order chi connectivity index (χ0) is 20.0. The van der Waals surface area contributed by atoms with Crippen LogP contribution in [0, 0.1) is 0 Å². The van der Waals surface area contributed by atoms with Crippen molar-refractivity contribution in [3.05, 3.63) is 70.8 Å². The molecule has 2 aromatic carbocycles. The van der Waals surface area contributed by atoms with Gasteiger partial charge < -0.3 is 15.2 Å². The number of fused-ring (bicyclic) bond motifs is 1. The minimum atomic E-state index is -4.31. The number of ether oxygens (including phenoxy) is 1. The summed E-state index contributed by atoms with van der Waals surface area (Å²) in [4.78, 5) is 0. The van der Waals surface area contributed by atoms with E-state index in [4.69, 9.17) is 4.74 Å². The fraction of sp³-hybridized carbons (Fsp3) is 0.455. The largest absolute Gasteiger partial charge is 0.416 e. The number of halogens is 3. The van der Waals surface area contributed by atoms with Crippen LogP contribution in [-0.2, 0) is 23.8 Å². The number of hydrogen-bond acceptors (Lipinski definition) is 3. The first kappa shape index (κ1) is 20.8. The molecular formula is C22H26F3NO2. The highest BCUT2D eigenvalue weighted by Crippen LogP contribution is 2.32. The maximum Gasteiger partial charge on any atom is 0.416 e. The molecule has 0 saturated heterocycles. The molecule has 0 aromatic heterocycles. The molecule has 0 unspecified atom stereocenters. The second-order valence-electron chi connectivity index (χ2n) is 7.22. The van der Waals surface area contributed by atoms with Crippen LogP contribution in [0.5, 0.6) is 0 Å². The lowest BCUT2D eigenvalue weighted by Gasteiger charge is -2.26. The van der Waals surface area contributed by atoms with Crippen LogP contribution in [0.1, 0.15) is 41.2 Å². The summed E-state index contributed by atoms with van der Waals surface area (Å²) in [6.07, 6.45) is -1.17. The van der Waals surface area contributed by atoms with Gasteiger partial charge in [0.05, 0.1) is 24.4 Å². The molecule has 0 bridgehead atoms. The maximum atomic E-state index is 12.6. The molecular weight excluding hydrogens is 367 g/mol. The molecule has 28 heavy (non-hydrogen) atoms. The van der Waals surface area contributed by atoms with Gasteiger partial charge >= 0.3 is 6.18 Å². The lowest BCUT2D eigenvalue weighted by molar-refractivity contribution is -0.137. The van der Waals surface area contributed by atoms with Crippen LogP contribution in [0.25, 0.3) is 0 Å². The third-order valence-electron chi connectivity index (χ3n) is 5.06. The second kappa shape index (κ2) is 9.54. The second-order valence-corrected chi connectivity index (χ2v) is 7.22. The predicted octanol–water partition coefficient (Wildman–Crippen LogP) is 4.29. The van der Waals surface area contributed by atoms with E-state index in [9.17, 15) is 18.3 Å². The summed E-state index contributed by atoms with van der Waals surface area (Å²) < 4.78 is 43.6. The van der Waals surface area contributed by atoms with Crippen molar-refractivity contribution < 1.29 is 23.0 Å². The summed E-state index contributed by atoms with van der Waals surface area (Å²) in [5.41, 5.74) is 2.73. The molecule has 0 spiro atoms. The van der Waals surface area contributed by atoms with Crippen molar-refractivity contribution in [2.24, 2.45) is 0 Å². The van der Waals surface area contributed by atoms with Gasteiger partial charge in [-0.15, -0.1) is 0 Å². The summed E-state index contributed by atoms with van der Waals surface area (Å²) in [6, 6.07) is 13.4. The summed E-state index contributed by atoms with van der Waals surface area (Å²) >= 11 is 0. The van der Waals surface area contributed by atoms with Crippen molar-refractivity contribution in [2.45, 2.75) is 44.1 Å². The standard InChI is InChI=1S/C22H26F3NO2/c23-22(24,25)18-10-8-16(9-11-18)12-13-26-14-19(27)15-28-21-7-3-5-17-4-1-2-6-20(17)21/h1-2,4,6,8-11,19,21,26-27H,3,5,7,12-15H2/t19-,21-/m1/s1. The Morgan fingerprint density at radius 3 is 2.61 bits per heavy atom. The van der Waals surface area contributed by atoms with Crippen LogP contribution in [0.3, 0.4) is 0 Å². The van der Waals surface area contributed by atoms with Crippen molar-refractivity contribution in [1.29, 1.82) is 0 Å². The fourth-order valence-electron chi connectivity index (χ4n) is 3.53. The van der Waals surface area contributed by atoms with E-state index in [1.54, 1.807) is 0 Å². The zero-order valence-electron chi connectivity index (χ0n) is 15.7. The topological polar surface area (TPSA) is 41.5 Å². The molecule has 3 nitrogen and oxygen atoms in total. The Morgan fingerprint density at radius 2 is 1.86 bits per heavy atom. The third kappa shape index (κ3) is 5.80. The van der Waals surface area contributed by atoms with E-state index < -0.39 is 17.8 Å². The van der Waals surface area contributed by atoms with Crippen LogP contribution >= 0.6 is 0 Å². The number of alkyl halides is 3. The van der Waals surface area contributed by atoms with Crippen LogP contribution < -0.4 is 5.32 Å². The normalized spacial score (nSPS) is 17.9. The molecule has 0 aliphatic heterocycles. The first-order valence-corrected chi connectivity index (χ1v) is 9.68. The van der Waals surface area contributed by atoms with Gasteiger partial charge in [-0.25, -0.2) is 0 Å². The van der Waals surface area contributed by atoms with E-state index >= 15 is 0 Å². The number of aryl methyl sites for hydroxylation is 1. The van der Waals surface area contributed by atoms with E-state index in [2.05, 4.69) is 17.4 Å². The predicted molar refractivity (Wildman–Crippen MR) is 102 cm³/mol. The van der Waals surface area contributed by atoms with Crippen LogP contribution in [-0.4, -0.2) is 30.9 Å². The number of nitrogens with one attached hydrogen (secondary N) is 1. The first-order valence-electron chi connectivity index (χ1n) is 9.68. The van der Waals surface area contributed by atoms with Gasteiger partial charge in [-0.2, -0.15) is 13.2 Å². The summed E-state index contributed by atoms with van der Waals surface area (Å²) in [5.74, 6) is 0.